The molecular formula is C14H21FN2O3S. The van der Waals surface area contributed by atoms with E-state index in [1.807, 2.05) is 0 Å². The van der Waals surface area contributed by atoms with Crippen LogP contribution >= 0.6 is 0 Å². The van der Waals surface area contributed by atoms with Gasteiger partial charge in [-0.25, -0.2) is 17.1 Å². The van der Waals surface area contributed by atoms with Gasteiger partial charge in [-0.2, -0.15) is 0 Å². The predicted molar refractivity (Wildman–Crippen MR) is 77.7 cm³/mol. The van der Waals surface area contributed by atoms with Crippen LogP contribution in [0.25, 0.3) is 0 Å². The lowest BCUT2D eigenvalue weighted by Gasteiger charge is -2.26. The van der Waals surface area contributed by atoms with Gasteiger partial charge in [-0.15, -0.1) is 0 Å². The van der Waals surface area contributed by atoms with E-state index in [0.29, 0.717) is 18.7 Å². The minimum absolute atomic E-state index is 0.157. The van der Waals surface area contributed by atoms with E-state index in [1.165, 1.54) is 29.6 Å². The van der Waals surface area contributed by atoms with Gasteiger partial charge in [0.2, 0.25) is 10.0 Å². The highest BCUT2D eigenvalue weighted by Gasteiger charge is 2.27. The first kappa shape index (κ1) is 16.4. The van der Waals surface area contributed by atoms with Crippen LogP contribution in [0, 0.1) is 11.7 Å². The van der Waals surface area contributed by atoms with Crippen LogP contribution in [0.15, 0.2) is 23.1 Å². The van der Waals surface area contributed by atoms with E-state index in [9.17, 15) is 12.8 Å². The quantitative estimate of drug-likeness (QED) is 0.889. The molecule has 1 aromatic rings. The van der Waals surface area contributed by atoms with Crippen LogP contribution in [0.4, 0.5) is 4.39 Å². The molecule has 0 spiro atoms. The summed E-state index contributed by atoms with van der Waals surface area (Å²) in [4.78, 5) is -0.307. The zero-order chi connectivity index (χ0) is 15.5. The Hall–Kier alpha value is -1.02. The van der Waals surface area contributed by atoms with Gasteiger partial charge in [-0.05, 0) is 36.5 Å². The van der Waals surface area contributed by atoms with Crippen molar-refractivity contribution in [2.75, 3.05) is 26.8 Å². The number of halogens is 1. The fraction of sp³-hybridized carbons (Fsp3) is 0.571. The van der Waals surface area contributed by atoms with Crippen molar-refractivity contribution >= 4 is 10.0 Å². The second kappa shape index (κ2) is 6.83. The molecule has 1 atom stereocenters. The minimum atomic E-state index is -3.83. The van der Waals surface area contributed by atoms with Crippen molar-refractivity contribution in [3.63, 3.8) is 0 Å². The molecule has 5 nitrogen and oxygen atoms in total. The smallest absolute Gasteiger partial charge is 0.245 e. The van der Waals surface area contributed by atoms with Gasteiger partial charge < -0.3 is 10.5 Å². The van der Waals surface area contributed by atoms with Crippen LogP contribution in [-0.2, 0) is 21.3 Å². The summed E-state index contributed by atoms with van der Waals surface area (Å²) in [5, 5.41) is 0. The highest BCUT2D eigenvalue weighted by atomic mass is 32.2. The fourth-order valence-corrected chi connectivity index (χ4v) is 3.75. The number of hydrogen-bond acceptors (Lipinski definition) is 4. The number of sulfonamides is 1. The molecular weight excluding hydrogens is 295 g/mol. The first-order valence-corrected chi connectivity index (χ1v) is 8.41. The van der Waals surface area contributed by atoms with Crippen LogP contribution in [0.1, 0.15) is 18.4 Å². The largest absolute Gasteiger partial charge is 0.381 e. The molecule has 0 amide bonds. The van der Waals surface area contributed by atoms with Crippen molar-refractivity contribution in [1.82, 2.24) is 4.31 Å². The third-order valence-corrected chi connectivity index (χ3v) is 5.55. The number of nitrogens with zero attached hydrogens (tertiary/aromatic N) is 1. The molecule has 0 aliphatic carbocycles. The Balaban J connectivity index is 2.16. The Bertz CT molecular complexity index is 586. The maximum absolute atomic E-state index is 14.0. The van der Waals surface area contributed by atoms with Crippen molar-refractivity contribution in [2.24, 2.45) is 11.7 Å². The van der Waals surface area contributed by atoms with Gasteiger partial charge in [0.05, 0.1) is 6.61 Å². The van der Waals surface area contributed by atoms with Gasteiger partial charge in [-0.3, -0.25) is 0 Å². The summed E-state index contributed by atoms with van der Waals surface area (Å²) in [6, 6.07) is 3.98. The van der Waals surface area contributed by atoms with Crippen molar-refractivity contribution in [3.8, 4) is 0 Å². The first-order valence-electron chi connectivity index (χ1n) is 6.97. The molecule has 21 heavy (non-hydrogen) atoms. The predicted octanol–water partition coefficient (Wildman–Crippen LogP) is 1.33. The maximum atomic E-state index is 14.0. The number of benzene rings is 1. The highest BCUT2D eigenvalue weighted by Crippen LogP contribution is 2.22. The number of hydrogen-bond donors (Lipinski definition) is 1. The molecule has 1 unspecified atom stereocenters. The van der Waals surface area contributed by atoms with Gasteiger partial charge in [0, 0.05) is 26.7 Å². The van der Waals surface area contributed by atoms with E-state index in [4.69, 9.17) is 10.5 Å². The Kier molecular flexibility index (Phi) is 5.32. The Labute approximate surface area is 124 Å². The van der Waals surface area contributed by atoms with Crippen LogP contribution in [0.5, 0.6) is 0 Å². The lowest BCUT2D eigenvalue weighted by atomic mass is 10.0. The summed E-state index contributed by atoms with van der Waals surface area (Å²) in [7, 11) is -2.36. The van der Waals surface area contributed by atoms with Gasteiger partial charge in [0.25, 0.3) is 0 Å². The average Bonchev–Trinajstić information content (AvgIpc) is 2.47. The molecule has 1 saturated heterocycles. The molecule has 0 saturated carbocycles. The number of rotatable bonds is 5. The molecule has 1 heterocycles. The SMILES string of the molecule is CN(CC1CCCOC1)S(=O)(=O)c1ccc(CN)cc1F. The third kappa shape index (κ3) is 3.79. The molecule has 0 bridgehead atoms. The topological polar surface area (TPSA) is 72.6 Å². The van der Waals surface area contributed by atoms with Gasteiger partial charge >= 0.3 is 0 Å². The number of nitrogens with two attached hydrogens (primary N) is 1. The summed E-state index contributed by atoms with van der Waals surface area (Å²) in [6.07, 6.45) is 1.85. The molecule has 2 N–H and O–H groups in total. The highest BCUT2D eigenvalue weighted by molar-refractivity contribution is 7.89. The summed E-state index contributed by atoms with van der Waals surface area (Å²) in [5.74, 6) is -0.602. The summed E-state index contributed by atoms with van der Waals surface area (Å²) in [5.41, 5.74) is 5.99. The molecule has 1 fully saturated rings. The maximum Gasteiger partial charge on any atom is 0.245 e. The Morgan fingerprint density at radius 1 is 1.48 bits per heavy atom. The van der Waals surface area contributed by atoms with Crippen LogP contribution in [-0.4, -0.2) is 39.5 Å². The van der Waals surface area contributed by atoms with Gasteiger partial charge in [0.1, 0.15) is 10.7 Å². The average molecular weight is 316 g/mol. The second-order valence-electron chi connectivity index (χ2n) is 5.34. The van der Waals surface area contributed by atoms with E-state index < -0.39 is 15.8 Å². The zero-order valence-electron chi connectivity index (χ0n) is 12.1. The third-order valence-electron chi connectivity index (χ3n) is 3.69. The summed E-state index contributed by atoms with van der Waals surface area (Å²) in [6.45, 7) is 1.78. The fourth-order valence-electron chi connectivity index (χ4n) is 2.46. The lowest BCUT2D eigenvalue weighted by Crippen LogP contribution is -2.35. The van der Waals surface area contributed by atoms with Crippen LogP contribution in [0.3, 0.4) is 0 Å². The van der Waals surface area contributed by atoms with Crippen molar-refractivity contribution in [2.45, 2.75) is 24.3 Å². The molecule has 7 heteroatoms. The molecule has 0 aromatic heterocycles. The first-order chi connectivity index (χ1) is 9.95. The van der Waals surface area contributed by atoms with E-state index in [-0.39, 0.29) is 17.4 Å². The lowest BCUT2D eigenvalue weighted by molar-refractivity contribution is 0.0495. The summed E-state index contributed by atoms with van der Waals surface area (Å²) >= 11 is 0. The van der Waals surface area contributed by atoms with Crippen LogP contribution < -0.4 is 5.73 Å². The van der Waals surface area contributed by atoms with E-state index in [1.54, 1.807) is 0 Å². The monoisotopic (exact) mass is 316 g/mol. The normalized spacial score (nSPS) is 19.9. The van der Waals surface area contributed by atoms with E-state index >= 15 is 0 Å². The Morgan fingerprint density at radius 3 is 2.81 bits per heavy atom. The van der Waals surface area contributed by atoms with E-state index in [0.717, 1.165) is 19.4 Å². The second-order valence-corrected chi connectivity index (χ2v) is 7.35. The van der Waals surface area contributed by atoms with Crippen molar-refractivity contribution in [3.05, 3.63) is 29.6 Å². The molecule has 1 aliphatic rings. The number of ether oxygens (including phenoxy) is 1. The van der Waals surface area contributed by atoms with Crippen molar-refractivity contribution in [1.29, 1.82) is 0 Å². The Morgan fingerprint density at radius 2 is 2.24 bits per heavy atom. The zero-order valence-corrected chi connectivity index (χ0v) is 12.9. The van der Waals surface area contributed by atoms with Crippen LogP contribution in [0.2, 0.25) is 0 Å². The van der Waals surface area contributed by atoms with E-state index in [2.05, 4.69) is 0 Å². The molecule has 2 rings (SSSR count). The molecule has 1 aromatic carbocycles. The van der Waals surface area contributed by atoms with Gasteiger partial charge in [-0.1, -0.05) is 6.07 Å². The van der Waals surface area contributed by atoms with Crippen molar-refractivity contribution < 1.29 is 17.5 Å². The molecule has 1 aliphatic heterocycles. The minimum Gasteiger partial charge on any atom is -0.381 e. The standard InChI is InChI=1S/C14H21FN2O3S/c1-17(9-12-3-2-6-20-10-12)21(18,19)14-5-4-11(8-16)7-13(14)15/h4-5,7,12H,2-3,6,8-10,16H2,1H3. The molecule has 0 radical (unpaired) electrons. The van der Waals surface area contributed by atoms with Gasteiger partial charge in [0.15, 0.2) is 0 Å². The molecule has 118 valence electrons. The summed E-state index contributed by atoms with van der Waals surface area (Å²) < 4.78 is 45.4.